The van der Waals surface area contributed by atoms with Crippen molar-refractivity contribution in [2.45, 2.75) is 50.7 Å². The summed E-state index contributed by atoms with van der Waals surface area (Å²) in [5.41, 5.74) is -1.24. The summed E-state index contributed by atoms with van der Waals surface area (Å²) in [6, 6.07) is 4.97. The Kier molecular flexibility index (Phi) is 6.32. The molecule has 9 heteroatoms. The van der Waals surface area contributed by atoms with E-state index in [-0.39, 0.29) is 17.0 Å². The molecule has 0 fully saturated rings. The fourth-order valence-electron chi connectivity index (χ4n) is 3.17. The number of alkyl halides is 3. The molecule has 0 aromatic heterocycles. The second-order valence-corrected chi connectivity index (χ2v) is 11.1. The van der Waals surface area contributed by atoms with Crippen LogP contribution in [0.25, 0.3) is 0 Å². The van der Waals surface area contributed by atoms with Gasteiger partial charge in [-0.25, -0.2) is 4.99 Å². The zero-order valence-electron chi connectivity index (χ0n) is 17.5. The maximum atomic E-state index is 13.4. The van der Waals surface area contributed by atoms with E-state index in [2.05, 4.69) is 4.99 Å². The molecule has 0 radical (unpaired) electrons. The quantitative estimate of drug-likeness (QED) is 0.302. The Balaban J connectivity index is 2.68. The van der Waals surface area contributed by atoms with Crippen LogP contribution in [-0.4, -0.2) is 31.5 Å². The van der Waals surface area contributed by atoms with Gasteiger partial charge in [0.05, 0.1) is 10.6 Å². The van der Waals surface area contributed by atoms with E-state index < -0.39 is 36.7 Å². The summed E-state index contributed by atoms with van der Waals surface area (Å²) in [7, 11) is 0. The Hall–Kier alpha value is -1.76. The molecule has 0 spiro atoms. The first kappa shape index (κ1) is 24.5. The summed E-state index contributed by atoms with van der Waals surface area (Å²) < 4.78 is -1.99. The van der Waals surface area contributed by atoms with E-state index >= 15 is 0 Å². The van der Waals surface area contributed by atoms with E-state index in [4.69, 9.17) is 34.8 Å². The first-order valence-electron chi connectivity index (χ1n) is 9.16. The van der Waals surface area contributed by atoms with Gasteiger partial charge in [0.25, 0.3) is 11.6 Å². The van der Waals surface area contributed by atoms with Crippen LogP contribution in [0.3, 0.4) is 0 Å². The number of non-ortho nitro benzene ring substituents is 1. The SMILES string of the molecule is CC(C)(C)C1=CC(=NC(=O)c2ccc([N+](=O)[O-])cc2)C(Cl)(Cl)[C@@](Cl)(C(C)(C)C)C1=O. The molecule has 0 bridgehead atoms. The summed E-state index contributed by atoms with van der Waals surface area (Å²) in [5, 5.41) is 10.8. The second kappa shape index (κ2) is 7.74. The van der Waals surface area contributed by atoms with Crippen LogP contribution >= 0.6 is 34.8 Å². The lowest BCUT2D eigenvalue weighted by Crippen LogP contribution is -2.63. The maximum absolute atomic E-state index is 13.4. The zero-order valence-corrected chi connectivity index (χ0v) is 19.8. The Morgan fingerprint density at radius 1 is 1.03 bits per heavy atom. The summed E-state index contributed by atoms with van der Waals surface area (Å²) in [6.45, 7) is 10.7. The number of nitro benzene ring substituents is 1. The van der Waals surface area contributed by atoms with Gasteiger partial charge in [-0.15, -0.1) is 11.6 Å². The number of allylic oxidation sites excluding steroid dienone is 2. The number of halogens is 3. The first-order valence-corrected chi connectivity index (χ1v) is 10.3. The van der Waals surface area contributed by atoms with E-state index in [9.17, 15) is 19.7 Å². The second-order valence-electron chi connectivity index (χ2n) is 9.23. The van der Waals surface area contributed by atoms with Crippen molar-refractivity contribution in [3.8, 4) is 0 Å². The molecule has 1 aliphatic carbocycles. The molecule has 162 valence electrons. The van der Waals surface area contributed by atoms with Crippen LogP contribution in [0.1, 0.15) is 51.9 Å². The number of benzene rings is 1. The van der Waals surface area contributed by atoms with Crippen molar-refractivity contribution < 1.29 is 14.5 Å². The van der Waals surface area contributed by atoms with Crippen LogP contribution < -0.4 is 0 Å². The lowest BCUT2D eigenvalue weighted by atomic mass is 9.65. The van der Waals surface area contributed by atoms with Crippen LogP contribution in [-0.2, 0) is 4.79 Å². The summed E-state index contributed by atoms with van der Waals surface area (Å²) in [4.78, 5) is 38.7. The van der Waals surface area contributed by atoms with Crippen molar-refractivity contribution in [3.05, 3.63) is 51.6 Å². The zero-order chi connectivity index (χ0) is 23.3. The number of amides is 1. The summed E-state index contributed by atoms with van der Waals surface area (Å²) in [5.74, 6) is -1.13. The van der Waals surface area contributed by atoms with E-state index in [1.807, 2.05) is 20.8 Å². The molecule has 6 nitrogen and oxygen atoms in total. The number of Topliss-reactive ketones (excluding diaryl/α,β-unsaturated/α-hetero) is 1. The minimum absolute atomic E-state index is 0.0522. The highest BCUT2D eigenvalue weighted by Crippen LogP contribution is 2.56. The largest absolute Gasteiger partial charge is 0.292 e. The highest BCUT2D eigenvalue weighted by atomic mass is 35.5. The van der Waals surface area contributed by atoms with Crippen molar-refractivity contribution in [1.29, 1.82) is 0 Å². The first-order chi connectivity index (χ1) is 13.4. The van der Waals surface area contributed by atoms with Crippen LogP contribution in [0.2, 0.25) is 0 Å². The van der Waals surface area contributed by atoms with Gasteiger partial charge in [-0.1, -0.05) is 64.7 Å². The average Bonchev–Trinajstić information content (AvgIpc) is 2.60. The Bertz CT molecular complexity index is 967. The number of aliphatic imine (C=N–C) groups is 1. The van der Waals surface area contributed by atoms with Crippen LogP contribution in [0, 0.1) is 20.9 Å². The van der Waals surface area contributed by atoms with Gasteiger partial charge >= 0.3 is 0 Å². The summed E-state index contributed by atoms with van der Waals surface area (Å²) >= 11 is 20.1. The van der Waals surface area contributed by atoms with E-state index in [1.165, 1.54) is 30.3 Å². The Morgan fingerprint density at radius 3 is 1.93 bits per heavy atom. The molecule has 1 aromatic carbocycles. The van der Waals surface area contributed by atoms with E-state index in [1.54, 1.807) is 20.8 Å². The third-order valence-electron chi connectivity index (χ3n) is 4.98. The van der Waals surface area contributed by atoms with E-state index in [0.717, 1.165) is 0 Å². The standard InChI is InChI=1S/C21H23Cl3N2O4/c1-18(2,3)14-11-15(21(23,24)20(22,16(14)27)19(4,5)6)25-17(28)12-7-9-13(10-8-12)26(29)30/h7-11H,1-6H3/t20-/m0/s1. The highest BCUT2D eigenvalue weighted by Gasteiger charge is 2.66. The van der Waals surface area contributed by atoms with Crippen molar-refractivity contribution in [1.82, 2.24) is 0 Å². The lowest BCUT2D eigenvalue weighted by molar-refractivity contribution is -0.384. The Morgan fingerprint density at radius 2 is 1.53 bits per heavy atom. The fourth-order valence-corrected chi connectivity index (χ4v) is 4.30. The molecular weight excluding hydrogens is 451 g/mol. The molecule has 1 atom stereocenters. The van der Waals surface area contributed by atoms with Crippen LogP contribution in [0.4, 0.5) is 5.69 Å². The molecule has 0 aliphatic heterocycles. The predicted molar refractivity (Wildman–Crippen MR) is 120 cm³/mol. The van der Waals surface area contributed by atoms with Gasteiger partial charge in [0, 0.05) is 23.3 Å². The smallest absolute Gasteiger partial charge is 0.277 e. The number of hydrogen-bond acceptors (Lipinski definition) is 4. The normalized spacial score (nSPS) is 23.3. The van der Waals surface area contributed by atoms with Gasteiger partial charge in [-0.05, 0) is 29.0 Å². The van der Waals surface area contributed by atoms with Crippen LogP contribution in [0.5, 0.6) is 0 Å². The van der Waals surface area contributed by atoms with Gasteiger partial charge in [0.15, 0.2) is 15.0 Å². The molecule has 1 aliphatic rings. The topological polar surface area (TPSA) is 89.6 Å². The molecule has 0 saturated carbocycles. The molecule has 2 rings (SSSR count). The number of hydrogen-bond donors (Lipinski definition) is 0. The number of rotatable bonds is 2. The minimum atomic E-state index is -1.99. The molecule has 1 aromatic rings. The number of carbonyl (C=O) groups is 2. The molecule has 30 heavy (non-hydrogen) atoms. The lowest BCUT2D eigenvalue weighted by Gasteiger charge is -2.49. The third kappa shape index (κ3) is 4.05. The fraction of sp³-hybridized carbons (Fsp3) is 0.476. The maximum Gasteiger partial charge on any atom is 0.277 e. The van der Waals surface area contributed by atoms with Gasteiger partial charge in [0.1, 0.15) is 0 Å². The molecule has 0 N–H and O–H groups in total. The van der Waals surface area contributed by atoms with Crippen molar-refractivity contribution in [3.63, 3.8) is 0 Å². The van der Waals surface area contributed by atoms with Gasteiger partial charge in [-0.3, -0.25) is 19.7 Å². The molecular formula is C21H23Cl3N2O4. The molecule has 0 heterocycles. The molecule has 0 unspecified atom stereocenters. The number of carbonyl (C=O) groups excluding carboxylic acids is 2. The third-order valence-corrected chi connectivity index (χ3v) is 7.15. The Labute approximate surface area is 190 Å². The van der Waals surface area contributed by atoms with Gasteiger partial charge in [-0.2, -0.15) is 0 Å². The molecule has 0 saturated heterocycles. The van der Waals surface area contributed by atoms with Gasteiger partial charge in [0.2, 0.25) is 0 Å². The van der Waals surface area contributed by atoms with Crippen LogP contribution in [0.15, 0.2) is 40.9 Å². The van der Waals surface area contributed by atoms with Crippen molar-refractivity contribution in [2.24, 2.45) is 15.8 Å². The average molecular weight is 474 g/mol. The highest BCUT2D eigenvalue weighted by molar-refractivity contribution is 6.69. The monoisotopic (exact) mass is 472 g/mol. The minimum Gasteiger partial charge on any atom is -0.292 e. The number of nitro groups is 1. The number of nitrogens with zero attached hydrogens (tertiary/aromatic N) is 2. The number of ketones is 1. The van der Waals surface area contributed by atoms with E-state index in [0.29, 0.717) is 5.57 Å². The van der Waals surface area contributed by atoms with Crippen molar-refractivity contribution >= 4 is 57.9 Å². The van der Waals surface area contributed by atoms with Gasteiger partial charge < -0.3 is 0 Å². The van der Waals surface area contributed by atoms with Crippen molar-refractivity contribution in [2.75, 3.05) is 0 Å². The predicted octanol–water partition coefficient (Wildman–Crippen LogP) is 5.93. The molecule has 1 amide bonds. The summed E-state index contributed by atoms with van der Waals surface area (Å²) in [6.07, 6.45) is 1.41.